The smallest absolute Gasteiger partial charge is 0.256 e. The van der Waals surface area contributed by atoms with Crippen LogP contribution in [-0.2, 0) is 19.0 Å². The third kappa shape index (κ3) is 5.66. The highest BCUT2D eigenvalue weighted by Gasteiger charge is 2.36. The molecule has 0 aliphatic carbocycles. The first-order valence-corrected chi connectivity index (χ1v) is 6.17. The monoisotopic (exact) mass is 270 g/mol. The highest BCUT2D eigenvalue weighted by atomic mass is 32.2. The van der Waals surface area contributed by atoms with Crippen LogP contribution in [0.1, 0.15) is 11.9 Å². The molecule has 0 radical (unpaired) electrons. The van der Waals surface area contributed by atoms with Gasteiger partial charge < -0.3 is 0 Å². The van der Waals surface area contributed by atoms with Crippen molar-refractivity contribution in [2.24, 2.45) is 0 Å². The summed E-state index contributed by atoms with van der Waals surface area (Å²) in [7, 11) is -4.07. The van der Waals surface area contributed by atoms with E-state index >= 15 is 0 Å². The number of hydrogen-bond donors (Lipinski definition) is 0. The van der Waals surface area contributed by atoms with Crippen molar-refractivity contribution in [1.82, 2.24) is 0 Å². The normalized spacial score (nSPS) is 14.6. The Morgan fingerprint density at radius 2 is 1.71 bits per heavy atom. The van der Waals surface area contributed by atoms with Gasteiger partial charge in [0.15, 0.2) is 0 Å². The SMILES string of the molecule is CS(=O)(=O)OC(OC(F)(F)F)c1ccccc1. The molecule has 96 valence electrons. The molecule has 0 saturated heterocycles. The summed E-state index contributed by atoms with van der Waals surface area (Å²) in [4.78, 5) is 0. The number of hydrogen-bond acceptors (Lipinski definition) is 4. The standard InChI is InChI=1S/C9H9F3O4S/c1-17(13,14)16-8(15-9(10,11)12)7-5-3-2-4-6-7/h2-6,8H,1H3. The van der Waals surface area contributed by atoms with Crippen LogP contribution in [0.5, 0.6) is 0 Å². The molecule has 0 aliphatic rings. The lowest BCUT2D eigenvalue weighted by molar-refractivity contribution is -0.369. The molecule has 1 unspecified atom stereocenters. The summed E-state index contributed by atoms with van der Waals surface area (Å²) in [6, 6.07) is 6.97. The zero-order valence-corrected chi connectivity index (χ0v) is 9.46. The van der Waals surface area contributed by atoms with E-state index in [0.29, 0.717) is 6.26 Å². The van der Waals surface area contributed by atoms with E-state index in [2.05, 4.69) is 8.92 Å². The fourth-order valence-electron chi connectivity index (χ4n) is 1.03. The van der Waals surface area contributed by atoms with E-state index < -0.39 is 22.8 Å². The Balaban J connectivity index is 2.95. The van der Waals surface area contributed by atoms with E-state index in [1.165, 1.54) is 24.3 Å². The van der Waals surface area contributed by atoms with Gasteiger partial charge in [0.25, 0.3) is 10.1 Å². The molecular weight excluding hydrogens is 261 g/mol. The van der Waals surface area contributed by atoms with E-state index in [0.717, 1.165) is 0 Å². The van der Waals surface area contributed by atoms with Crippen molar-refractivity contribution >= 4 is 10.1 Å². The van der Waals surface area contributed by atoms with Crippen LogP contribution >= 0.6 is 0 Å². The molecule has 0 aromatic heterocycles. The Morgan fingerprint density at radius 1 is 1.18 bits per heavy atom. The first kappa shape index (κ1) is 13.9. The van der Waals surface area contributed by atoms with Crippen LogP contribution in [0.15, 0.2) is 30.3 Å². The molecule has 0 heterocycles. The maximum absolute atomic E-state index is 12.1. The highest BCUT2D eigenvalue weighted by molar-refractivity contribution is 7.85. The van der Waals surface area contributed by atoms with Crippen molar-refractivity contribution in [1.29, 1.82) is 0 Å². The maximum atomic E-state index is 12.1. The van der Waals surface area contributed by atoms with Crippen molar-refractivity contribution in [2.75, 3.05) is 6.26 Å². The lowest BCUT2D eigenvalue weighted by Crippen LogP contribution is -2.22. The van der Waals surface area contributed by atoms with E-state index in [4.69, 9.17) is 0 Å². The molecule has 0 spiro atoms. The van der Waals surface area contributed by atoms with Crippen LogP contribution in [-0.4, -0.2) is 21.0 Å². The van der Waals surface area contributed by atoms with Crippen molar-refractivity contribution in [3.8, 4) is 0 Å². The number of benzene rings is 1. The van der Waals surface area contributed by atoms with Crippen LogP contribution in [0.4, 0.5) is 13.2 Å². The molecule has 17 heavy (non-hydrogen) atoms. The summed E-state index contributed by atoms with van der Waals surface area (Å²) < 4.78 is 65.7. The summed E-state index contributed by atoms with van der Waals surface area (Å²) in [5.74, 6) is 0. The van der Waals surface area contributed by atoms with Gasteiger partial charge in [0.1, 0.15) is 0 Å². The van der Waals surface area contributed by atoms with Crippen LogP contribution in [0.25, 0.3) is 0 Å². The van der Waals surface area contributed by atoms with Gasteiger partial charge in [0, 0.05) is 5.56 Å². The number of ether oxygens (including phenoxy) is 1. The molecule has 8 heteroatoms. The van der Waals surface area contributed by atoms with Crippen LogP contribution in [0, 0.1) is 0 Å². The molecular formula is C9H9F3O4S. The van der Waals surface area contributed by atoms with Crippen molar-refractivity contribution in [2.45, 2.75) is 12.7 Å². The Bertz CT molecular complexity index is 455. The van der Waals surface area contributed by atoms with Gasteiger partial charge in [0.05, 0.1) is 6.26 Å². The fourth-order valence-corrected chi connectivity index (χ4v) is 1.50. The van der Waals surface area contributed by atoms with Gasteiger partial charge in [-0.05, 0) is 0 Å². The van der Waals surface area contributed by atoms with E-state index in [-0.39, 0.29) is 5.56 Å². The topological polar surface area (TPSA) is 52.6 Å². The zero-order valence-electron chi connectivity index (χ0n) is 8.64. The summed E-state index contributed by atoms with van der Waals surface area (Å²) in [6.45, 7) is 0. The van der Waals surface area contributed by atoms with Gasteiger partial charge in [0.2, 0.25) is 6.29 Å². The average Bonchev–Trinajstić information content (AvgIpc) is 2.14. The minimum Gasteiger partial charge on any atom is -0.256 e. The third-order valence-corrected chi connectivity index (χ3v) is 2.10. The Hall–Kier alpha value is -1.12. The van der Waals surface area contributed by atoms with Crippen LogP contribution < -0.4 is 0 Å². The molecule has 0 amide bonds. The Kier molecular flexibility index (Phi) is 4.12. The van der Waals surface area contributed by atoms with Crippen molar-refractivity contribution in [3.63, 3.8) is 0 Å². The second kappa shape index (κ2) is 5.03. The predicted octanol–water partition coefficient (Wildman–Crippen LogP) is 2.20. The molecule has 1 aromatic rings. The van der Waals surface area contributed by atoms with Gasteiger partial charge in [-0.25, -0.2) is 4.18 Å². The predicted molar refractivity (Wildman–Crippen MR) is 52.3 cm³/mol. The lowest BCUT2D eigenvalue weighted by atomic mass is 10.2. The van der Waals surface area contributed by atoms with Gasteiger partial charge in [-0.1, -0.05) is 30.3 Å². The molecule has 0 fully saturated rings. The summed E-state index contributed by atoms with van der Waals surface area (Å²) in [6.07, 6.45) is -6.39. The van der Waals surface area contributed by atoms with Crippen LogP contribution in [0.2, 0.25) is 0 Å². The van der Waals surface area contributed by atoms with Crippen LogP contribution in [0.3, 0.4) is 0 Å². The minimum atomic E-state index is -4.99. The maximum Gasteiger partial charge on any atom is 0.525 e. The molecule has 0 aliphatic heterocycles. The number of halogens is 3. The van der Waals surface area contributed by atoms with Gasteiger partial charge in [-0.2, -0.15) is 8.42 Å². The second-order valence-corrected chi connectivity index (χ2v) is 4.71. The van der Waals surface area contributed by atoms with Gasteiger partial charge in [-0.3, -0.25) is 4.74 Å². The average molecular weight is 270 g/mol. The minimum absolute atomic E-state index is 0.0461. The summed E-state index contributed by atoms with van der Waals surface area (Å²) in [5.41, 5.74) is -0.0461. The van der Waals surface area contributed by atoms with Crippen molar-refractivity contribution in [3.05, 3.63) is 35.9 Å². The molecule has 0 saturated carbocycles. The first-order valence-electron chi connectivity index (χ1n) is 4.35. The third-order valence-electron chi connectivity index (χ3n) is 1.57. The fraction of sp³-hybridized carbons (Fsp3) is 0.333. The quantitative estimate of drug-likeness (QED) is 0.621. The number of alkyl halides is 3. The largest absolute Gasteiger partial charge is 0.525 e. The second-order valence-electron chi connectivity index (χ2n) is 3.11. The van der Waals surface area contributed by atoms with Gasteiger partial charge in [-0.15, -0.1) is 13.2 Å². The Labute approximate surface area is 96.1 Å². The van der Waals surface area contributed by atoms with E-state index in [9.17, 15) is 21.6 Å². The molecule has 0 N–H and O–H groups in total. The Morgan fingerprint density at radius 3 is 2.12 bits per heavy atom. The van der Waals surface area contributed by atoms with Crippen molar-refractivity contribution < 1.29 is 30.5 Å². The van der Waals surface area contributed by atoms with E-state index in [1.807, 2.05) is 0 Å². The highest BCUT2D eigenvalue weighted by Crippen LogP contribution is 2.29. The van der Waals surface area contributed by atoms with Gasteiger partial charge >= 0.3 is 6.36 Å². The number of rotatable bonds is 4. The van der Waals surface area contributed by atoms with E-state index in [1.54, 1.807) is 6.07 Å². The molecule has 0 bridgehead atoms. The summed E-state index contributed by atoms with van der Waals surface area (Å²) >= 11 is 0. The first-order chi connectivity index (χ1) is 7.67. The molecule has 1 rings (SSSR count). The molecule has 1 aromatic carbocycles. The zero-order chi connectivity index (χ0) is 13.1. The lowest BCUT2D eigenvalue weighted by Gasteiger charge is -2.18. The summed E-state index contributed by atoms with van der Waals surface area (Å²) in [5, 5.41) is 0. The molecule has 1 atom stereocenters. The molecule has 4 nitrogen and oxygen atoms in total.